The summed E-state index contributed by atoms with van der Waals surface area (Å²) in [7, 11) is 0. The normalized spacial score (nSPS) is 13.4. The van der Waals surface area contributed by atoms with Gasteiger partial charge >= 0.3 is 0 Å². The van der Waals surface area contributed by atoms with E-state index in [4.69, 9.17) is 0 Å². The fraction of sp³-hybridized carbons (Fsp3) is 0.211. The second-order valence-electron chi connectivity index (χ2n) is 26.7. The molecule has 394 valence electrons. The van der Waals surface area contributed by atoms with Crippen molar-refractivity contribution in [2.45, 2.75) is 105 Å². The van der Waals surface area contributed by atoms with E-state index in [9.17, 15) is 0 Å². The van der Waals surface area contributed by atoms with Gasteiger partial charge in [0.05, 0.1) is 11.0 Å². The van der Waals surface area contributed by atoms with Crippen molar-refractivity contribution in [2.75, 3.05) is 9.80 Å². The molecule has 0 spiro atoms. The summed E-state index contributed by atoms with van der Waals surface area (Å²) < 4.78 is 2.49. The van der Waals surface area contributed by atoms with Crippen LogP contribution in [0.2, 0.25) is 0 Å². The second kappa shape index (κ2) is 18.6. The van der Waals surface area contributed by atoms with Gasteiger partial charge in [0, 0.05) is 50.6 Å². The molecule has 0 unspecified atom stereocenters. The topological polar surface area (TPSA) is 11.4 Å². The minimum absolute atomic E-state index is 0.0846. The van der Waals surface area contributed by atoms with Crippen LogP contribution >= 0.6 is 0 Å². The first-order chi connectivity index (χ1) is 38.2. The molecule has 0 fully saturated rings. The molecule has 2 aliphatic heterocycles. The van der Waals surface area contributed by atoms with E-state index in [2.05, 4.69) is 316 Å². The molecule has 1 aromatic heterocycles. The van der Waals surface area contributed by atoms with Crippen molar-refractivity contribution in [1.29, 1.82) is 0 Å². The quantitative estimate of drug-likeness (QED) is 0.154. The second-order valence-corrected chi connectivity index (χ2v) is 26.7. The summed E-state index contributed by atoms with van der Waals surface area (Å²) in [6.45, 7) is 28.2. The number of hydrogen-bond acceptors (Lipinski definition) is 2. The number of nitrogens with zero attached hydrogens (tertiary/aromatic N) is 3. The van der Waals surface area contributed by atoms with Crippen LogP contribution in [-0.2, 0) is 21.7 Å². The monoisotopic (exact) mass is 1040 g/mol. The molecular formula is C76H72BN3. The van der Waals surface area contributed by atoms with E-state index in [1.807, 2.05) is 0 Å². The van der Waals surface area contributed by atoms with Crippen molar-refractivity contribution in [3.63, 3.8) is 0 Å². The number of anilines is 6. The first kappa shape index (κ1) is 51.1. The molecule has 0 bridgehead atoms. The molecule has 4 heteroatoms. The average Bonchev–Trinajstić information content (AvgIpc) is 3.45. The SMILES string of the molecule is CC(C)(C)c1cc(N2c3ccccc3B3c4ccc(-n5c6ccccc6c6ccccc65)cc4N(c4cc(C(C)(C)C)cc(C(C)(C)C)c4)c4cc(-c5c(-c6ccccc6)cccc5-c5ccccc5)cc2c43)cc(C(C)(C)C)c1. The van der Waals surface area contributed by atoms with Crippen molar-refractivity contribution < 1.29 is 0 Å². The van der Waals surface area contributed by atoms with E-state index >= 15 is 0 Å². The molecule has 11 aromatic rings. The molecule has 0 aliphatic carbocycles. The van der Waals surface area contributed by atoms with Gasteiger partial charge in [-0.1, -0.05) is 235 Å². The van der Waals surface area contributed by atoms with Gasteiger partial charge in [0.2, 0.25) is 0 Å². The van der Waals surface area contributed by atoms with Crippen LogP contribution in [0.1, 0.15) is 105 Å². The standard InChI is InChI=1S/C76H72BN3/c1-73(2,3)52-42-53(74(4,5)6)45-57(44-52)79-67-37-24-21-34-63(67)77-64-39-38-56(78-65-35-22-19-30-61(65)62-31-20-23-36-66(62)78)48-68(64)80(58-46-54(75(7,8)9)43-55(47-58)76(10,11)12)70-41-51(40-69(79)72(70)77)71-59(49-26-15-13-16-27-49)32-25-33-60(71)50-28-17-14-18-29-50/h13-48H,1-12H3. The van der Waals surface area contributed by atoms with Crippen molar-refractivity contribution in [2.24, 2.45) is 0 Å². The zero-order valence-corrected chi connectivity index (χ0v) is 48.7. The fourth-order valence-electron chi connectivity index (χ4n) is 12.8. The van der Waals surface area contributed by atoms with Crippen LogP contribution in [-0.4, -0.2) is 11.3 Å². The minimum Gasteiger partial charge on any atom is -0.311 e. The summed E-state index contributed by atoms with van der Waals surface area (Å²) >= 11 is 0. The predicted molar refractivity (Wildman–Crippen MR) is 346 cm³/mol. The Bertz CT molecular complexity index is 4050. The molecule has 0 saturated carbocycles. The third-order valence-electron chi connectivity index (χ3n) is 17.1. The van der Waals surface area contributed by atoms with E-state index in [1.165, 1.54) is 122 Å². The van der Waals surface area contributed by atoms with E-state index < -0.39 is 0 Å². The average molecular weight is 1040 g/mol. The molecule has 80 heavy (non-hydrogen) atoms. The van der Waals surface area contributed by atoms with Crippen LogP contribution in [0.15, 0.2) is 218 Å². The van der Waals surface area contributed by atoms with Crippen molar-refractivity contribution in [1.82, 2.24) is 4.57 Å². The third kappa shape index (κ3) is 8.58. The summed E-state index contributed by atoms with van der Waals surface area (Å²) in [4.78, 5) is 5.30. The highest BCUT2D eigenvalue weighted by atomic mass is 15.2. The van der Waals surface area contributed by atoms with Crippen LogP contribution in [0.5, 0.6) is 0 Å². The highest BCUT2D eigenvalue weighted by molar-refractivity contribution is 7.00. The van der Waals surface area contributed by atoms with Crippen molar-refractivity contribution in [3.05, 3.63) is 241 Å². The largest absolute Gasteiger partial charge is 0.311 e. The van der Waals surface area contributed by atoms with Crippen LogP contribution in [0.4, 0.5) is 34.1 Å². The van der Waals surface area contributed by atoms with Gasteiger partial charge in [-0.2, -0.15) is 0 Å². The first-order valence-corrected chi connectivity index (χ1v) is 28.8. The Morgan fingerprint density at radius 1 is 0.300 bits per heavy atom. The lowest BCUT2D eigenvalue weighted by atomic mass is 9.33. The van der Waals surface area contributed by atoms with Gasteiger partial charge in [-0.3, -0.25) is 0 Å². The maximum Gasteiger partial charge on any atom is 0.252 e. The Hall–Kier alpha value is -8.34. The summed E-state index contributed by atoms with van der Waals surface area (Å²) in [5.41, 5.74) is 26.5. The van der Waals surface area contributed by atoms with E-state index in [-0.39, 0.29) is 28.4 Å². The van der Waals surface area contributed by atoms with Gasteiger partial charge in [0.15, 0.2) is 0 Å². The lowest BCUT2D eigenvalue weighted by Gasteiger charge is -2.45. The number of aromatic nitrogens is 1. The molecule has 0 N–H and O–H groups in total. The van der Waals surface area contributed by atoms with Gasteiger partial charge in [0.25, 0.3) is 6.71 Å². The Morgan fingerprint density at radius 2 is 0.713 bits per heavy atom. The fourth-order valence-corrected chi connectivity index (χ4v) is 12.8. The van der Waals surface area contributed by atoms with Gasteiger partial charge in [-0.05, 0) is 160 Å². The van der Waals surface area contributed by atoms with Crippen molar-refractivity contribution >= 4 is 79.0 Å². The molecule has 3 heterocycles. The zero-order valence-electron chi connectivity index (χ0n) is 48.7. The zero-order chi connectivity index (χ0) is 55.6. The lowest BCUT2D eigenvalue weighted by molar-refractivity contribution is 0.568. The minimum atomic E-state index is -0.124. The van der Waals surface area contributed by atoms with E-state index in [0.717, 1.165) is 11.4 Å². The molecule has 0 radical (unpaired) electrons. The Morgan fingerprint density at radius 3 is 1.19 bits per heavy atom. The number of rotatable bonds is 6. The molecule has 0 atom stereocenters. The number of hydrogen-bond donors (Lipinski definition) is 0. The van der Waals surface area contributed by atoms with Gasteiger partial charge < -0.3 is 14.4 Å². The third-order valence-corrected chi connectivity index (χ3v) is 17.1. The maximum atomic E-state index is 2.67. The molecular weight excluding hydrogens is 966 g/mol. The number of fused-ring (bicyclic) bond motifs is 7. The molecule has 0 saturated heterocycles. The highest BCUT2D eigenvalue weighted by Gasteiger charge is 2.45. The van der Waals surface area contributed by atoms with Gasteiger partial charge in [-0.15, -0.1) is 0 Å². The molecule has 13 rings (SSSR count). The summed E-state index contributed by atoms with van der Waals surface area (Å²) in [5, 5.41) is 2.51. The van der Waals surface area contributed by atoms with E-state index in [1.54, 1.807) is 0 Å². The van der Waals surface area contributed by atoms with Crippen LogP contribution in [0.25, 0.3) is 60.9 Å². The first-order valence-electron chi connectivity index (χ1n) is 28.8. The molecule has 3 nitrogen and oxygen atoms in total. The summed E-state index contributed by atoms with van der Waals surface area (Å²) in [5.74, 6) is 0. The van der Waals surface area contributed by atoms with Crippen LogP contribution < -0.4 is 26.2 Å². The highest BCUT2D eigenvalue weighted by Crippen LogP contribution is 2.51. The van der Waals surface area contributed by atoms with Crippen LogP contribution in [0, 0.1) is 0 Å². The maximum absolute atomic E-state index is 2.67. The summed E-state index contributed by atoms with van der Waals surface area (Å²) in [6.07, 6.45) is 0. The lowest BCUT2D eigenvalue weighted by Crippen LogP contribution is -2.61. The Kier molecular flexibility index (Phi) is 11.9. The molecule has 10 aromatic carbocycles. The predicted octanol–water partition coefficient (Wildman–Crippen LogP) is 19.1. The Balaban J connectivity index is 1.21. The van der Waals surface area contributed by atoms with E-state index in [0.29, 0.717) is 0 Å². The molecule has 0 amide bonds. The molecule has 2 aliphatic rings. The smallest absolute Gasteiger partial charge is 0.252 e. The van der Waals surface area contributed by atoms with Gasteiger partial charge in [-0.25, -0.2) is 0 Å². The number of para-hydroxylation sites is 3. The van der Waals surface area contributed by atoms with Crippen molar-refractivity contribution in [3.8, 4) is 39.1 Å². The Labute approximate surface area is 475 Å². The van der Waals surface area contributed by atoms with Crippen LogP contribution in [0.3, 0.4) is 0 Å². The number of benzene rings is 10. The summed E-state index contributed by atoms with van der Waals surface area (Å²) in [6, 6.07) is 83.3. The van der Waals surface area contributed by atoms with Gasteiger partial charge in [0.1, 0.15) is 0 Å².